The lowest BCUT2D eigenvalue weighted by molar-refractivity contribution is -0.217. The van der Waals surface area contributed by atoms with Crippen LogP contribution in [0.1, 0.15) is 20.8 Å². The topological polar surface area (TPSA) is 92.9 Å². The minimum atomic E-state index is -1.17. The van der Waals surface area contributed by atoms with E-state index in [1.807, 2.05) is 0 Å². The largest absolute Gasteiger partial charge is 0.480 e. The molecule has 0 saturated carbocycles. The van der Waals surface area contributed by atoms with Crippen molar-refractivity contribution >= 4 is 12.4 Å². The van der Waals surface area contributed by atoms with Gasteiger partial charge >= 0.3 is 5.97 Å². The highest BCUT2D eigenvalue weighted by Crippen LogP contribution is 2.08. The lowest BCUT2D eigenvalue weighted by Crippen LogP contribution is -2.44. The normalized spacial score (nSPS) is 13.4. The molecule has 0 rings (SSSR count). The molecule has 0 heterocycles. The first-order chi connectivity index (χ1) is 6.26. The van der Waals surface area contributed by atoms with E-state index < -0.39 is 17.6 Å². The molecule has 0 aromatic rings. The van der Waals surface area contributed by atoms with Crippen LogP contribution in [0.15, 0.2) is 0 Å². The lowest BCUT2D eigenvalue weighted by Gasteiger charge is -2.27. The summed E-state index contributed by atoms with van der Waals surface area (Å²) in [6.45, 7) is 5.07. The van der Waals surface area contributed by atoms with E-state index >= 15 is 0 Å². The third-order valence-electron chi connectivity index (χ3n) is 1.20. The van der Waals surface area contributed by atoms with Gasteiger partial charge < -0.3 is 10.8 Å². The Kier molecular flexibility index (Phi) is 4.52. The molecule has 0 aromatic heterocycles. The Bertz CT molecular complexity index is 212. The zero-order chi connectivity index (χ0) is 11.4. The predicted molar refractivity (Wildman–Crippen MR) is 49.2 cm³/mol. The molecule has 0 radical (unpaired) electrons. The van der Waals surface area contributed by atoms with Gasteiger partial charge in [0, 0.05) is 0 Å². The van der Waals surface area contributed by atoms with Crippen LogP contribution in [0.4, 0.5) is 0 Å². The summed E-state index contributed by atoms with van der Waals surface area (Å²) in [5, 5.41) is 9.39. The van der Waals surface area contributed by atoms with Gasteiger partial charge in [-0.15, -0.1) is 0 Å². The van der Waals surface area contributed by atoms with Crippen molar-refractivity contribution in [2.75, 3.05) is 6.54 Å². The number of hydrogen-bond acceptors (Lipinski definition) is 4. The van der Waals surface area contributed by atoms with E-state index in [1.165, 1.54) is 0 Å². The van der Waals surface area contributed by atoms with Crippen molar-refractivity contribution in [3.63, 3.8) is 0 Å². The zero-order valence-electron chi connectivity index (χ0n) is 8.56. The number of amides is 1. The molecule has 0 aliphatic rings. The fourth-order valence-electron chi connectivity index (χ4n) is 0.726. The lowest BCUT2D eigenvalue weighted by atomic mass is 10.2. The fraction of sp³-hybridized carbons (Fsp3) is 0.750. The Morgan fingerprint density at radius 1 is 1.64 bits per heavy atom. The first-order valence-corrected chi connectivity index (χ1v) is 4.15. The van der Waals surface area contributed by atoms with Crippen molar-refractivity contribution in [1.82, 2.24) is 5.06 Å². The Morgan fingerprint density at radius 2 is 2.14 bits per heavy atom. The summed E-state index contributed by atoms with van der Waals surface area (Å²) in [6, 6.07) is -1.14. The van der Waals surface area contributed by atoms with Crippen LogP contribution in [0, 0.1) is 0 Å². The SMILES string of the molecule is CC(C)(C)ON(C=O)CC(N)C(=O)O. The Morgan fingerprint density at radius 3 is 2.43 bits per heavy atom. The Hall–Kier alpha value is -1.14. The summed E-state index contributed by atoms with van der Waals surface area (Å²) in [5.74, 6) is -1.17. The minimum Gasteiger partial charge on any atom is -0.480 e. The molecule has 0 aromatic carbocycles. The maximum atomic E-state index is 10.5. The number of hydroxylamine groups is 2. The molecular weight excluding hydrogens is 188 g/mol. The highest BCUT2D eigenvalue weighted by atomic mass is 16.7. The van der Waals surface area contributed by atoms with Gasteiger partial charge in [0.05, 0.1) is 12.1 Å². The second-order valence-corrected chi connectivity index (χ2v) is 3.85. The Balaban J connectivity index is 4.17. The van der Waals surface area contributed by atoms with Crippen molar-refractivity contribution in [1.29, 1.82) is 0 Å². The van der Waals surface area contributed by atoms with E-state index in [-0.39, 0.29) is 6.54 Å². The second kappa shape index (κ2) is 4.92. The number of carboxylic acid groups (broad SMARTS) is 1. The number of carbonyl (C=O) groups excluding carboxylic acids is 1. The van der Waals surface area contributed by atoms with Crippen molar-refractivity contribution < 1.29 is 19.5 Å². The van der Waals surface area contributed by atoms with Crippen LogP contribution in [-0.4, -0.2) is 40.7 Å². The molecule has 1 amide bonds. The average Bonchev–Trinajstić information content (AvgIpc) is 2.00. The summed E-state index contributed by atoms with van der Waals surface area (Å²) in [5.41, 5.74) is 4.68. The summed E-state index contributed by atoms with van der Waals surface area (Å²) in [4.78, 5) is 26.0. The molecule has 0 aliphatic carbocycles. The van der Waals surface area contributed by atoms with Crippen LogP contribution >= 0.6 is 0 Å². The van der Waals surface area contributed by atoms with Gasteiger partial charge in [-0.2, -0.15) is 0 Å². The molecule has 1 unspecified atom stereocenters. The van der Waals surface area contributed by atoms with E-state index in [0.29, 0.717) is 6.41 Å². The minimum absolute atomic E-state index is 0.171. The summed E-state index contributed by atoms with van der Waals surface area (Å²) in [7, 11) is 0. The van der Waals surface area contributed by atoms with E-state index in [0.717, 1.165) is 5.06 Å². The van der Waals surface area contributed by atoms with Crippen molar-refractivity contribution in [2.45, 2.75) is 32.4 Å². The van der Waals surface area contributed by atoms with Gasteiger partial charge in [0.2, 0.25) is 6.41 Å². The van der Waals surface area contributed by atoms with Crippen molar-refractivity contribution in [3.8, 4) is 0 Å². The third kappa shape index (κ3) is 5.50. The predicted octanol–water partition coefficient (Wildman–Crippen LogP) is -0.413. The fourth-order valence-corrected chi connectivity index (χ4v) is 0.726. The molecule has 6 heteroatoms. The third-order valence-corrected chi connectivity index (χ3v) is 1.20. The van der Waals surface area contributed by atoms with Crippen LogP contribution in [0.2, 0.25) is 0 Å². The number of hydrogen-bond donors (Lipinski definition) is 2. The van der Waals surface area contributed by atoms with Crippen LogP contribution in [0.5, 0.6) is 0 Å². The molecule has 0 aliphatic heterocycles. The molecule has 14 heavy (non-hydrogen) atoms. The van der Waals surface area contributed by atoms with Crippen molar-refractivity contribution in [3.05, 3.63) is 0 Å². The van der Waals surface area contributed by atoms with Crippen LogP contribution in [0.25, 0.3) is 0 Å². The maximum Gasteiger partial charge on any atom is 0.322 e. The molecule has 1 atom stereocenters. The highest BCUT2D eigenvalue weighted by Gasteiger charge is 2.20. The zero-order valence-corrected chi connectivity index (χ0v) is 8.56. The molecule has 0 spiro atoms. The van der Waals surface area contributed by atoms with Gasteiger partial charge in [-0.3, -0.25) is 14.4 Å². The molecule has 0 bridgehead atoms. The van der Waals surface area contributed by atoms with Gasteiger partial charge in [-0.05, 0) is 20.8 Å². The smallest absolute Gasteiger partial charge is 0.322 e. The average molecular weight is 204 g/mol. The first-order valence-electron chi connectivity index (χ1n) is 4.15. The van der Waals surface area contributed by atoms with E-state index in [9.17, 15) is 9.59 Å². The van der Waals surface area contributed by atoms with Gasteiger partial charge in [0.15, 0.2) is 0 Å². The first kappa shape index (κ1) is 12.9. The molecule has 0 saturated heterocycles. The molecular formula is C8H16N2O4. The number of carbonyl (C=O) groups is 2. The van der Waals surface area contributed by atoms with Crippen LogP contribution < -0.4 is 5.73 Å². The van der Waals surface area contributed by atoms with Gasteiger partial charge in [0.1, 0.15) is 6.04 Å². The number of nitrogens with two attached hydrogens (primary N) is 1. The summed E-state index contributed by atoms with van der Waals surface area (Å²) >= 11 is 0. The number of aliphatic carboxylic acids is 1. The molecule has 6 nitrogen and oxygen atoms in total. The molecule has 0 fully saturated rings. The Labute approximate surface area is 82.6 Å². The van der Waals surface area contributed by atoms with E-state index in [4.69, 9.17) is 15.7 Å². The second-order valence-electron chi connectivity index (χ2n) is 3.85. The molecule has 3 N–H and O–H groups in total. The van der Waals surface area contributed by atoms with Gasteiger partial charge in [0.25, 0.3) is 0 Å². The van der Waals surface area contributed by atoms with Gasteiger partial charge in [-0.1, -0.05) is 0 Å². The number of nitrogens with zero attached hydrogens (tertiary/aromatic N) is 1. The van der Waals surface area contributed by atoms with Crippen molar-refractivity contribution in [2.24, 2.45) is 5.73 Å². The molecule has 82 valence electrons. The van der Waals surface area contributed by atoms with E-state index in [2.05, 4.69) is 0 Å². The maximum absolute atomic E-state index is 10.5. The van der Waals surface area contributed by atoms with E-state index in [1.54, 1.807) is 20.8 Å². The van der Waals surface area contributed by atoms with Crippen LogP contribution in [-0.2, 0) is 14.4 Å². The quantitative estimate of drug-likeness (QED) is 0.469. The number of carboxylic acids is 1. The summed E-state index contributed by atoms with van der Waals surface area (Å²) in [6.07, 6.45) is 0.411. The standard InChI is InChI=1S/C8H16N2O4/c1-8(2,3)14-10(5-11)4-6(9)7(12)13/h5-6H,4,9H2,1-3H3,(H,12,13). The van der Waals surface area contributed by atoms with Crippen LogP contribution in [0.3, 0.4) is 0 Å². The van der Waals surface area contributed by atoms with Gasteiger partial charge in [-0.25, -0.2) is 5.06 Å². The monoisotopic (exact) mass is 204 g/mol. The number of rotatable bonds is 5. The highest BCUT2D eigenvalue weighted by molar-refractivity contribution is 5.73. The summed E-state index contributed by atoms with van der Waals surface area (Å²) < 4.78 is 0.